The molecule has 2 heterocycles. The lowest BCUT2D eigenvalue weighted by molar-refractivity contribution is -0.0494. The first-order valence-corrected chi connectivity index (χ1v) is 7.77. The highest BCUT2D eigenvalue weighted by atomic mass is 19.3. The molecule has 0 radical (unpaired) electrons. The molecule has 24 heavy (non-hydrogen) atoms. The van der Waals surface area contributed by atoms with Gasteiger partial charge in [0.2, 0.25) is 11.7 Å². The molecule has 130 valence electrons. The molecule has 1 aliphatic heterocycles. The van der Waals surface area contributed by atoms with E-state index in [0.717, 1.165) is 25.9 Å². The van der Waals surface area contributed by atoms with E-state index in [1.54, 1.807) is 25.3 Å². The number of hydrogen-bond donors (Lipinski definition) is 0. The van der Waals surface area contributed by atoms with E-state index >= 15 is 0 Å². The highest BCUT2D eigenvalue weighted by Crippen LogP contribution is 2.29. The van der Waals surface area contributed by atoms with Gasteiger partial charge in [-0.15, -0.1) is 0 Å². The first kappa shape index (κ1) is 16.8. The van der Waals surface area contributed by atoms with Crippen LogP contribution >= 0.6 is 0 Å². The molecule has 1 aromatic heterocycles. The van der Waals surface area contributed by atoms with E-state index in [1.165, 1.54) is 6.07 Å². The van der Waals surface area contributed by atoms with Gasteiger partial charge in [-0.1, -0.05) is 17.3 Å². The summed E-state index contributed by atoms with van der Waals surface area (Å²) in [6, 6.07) is 6.39. The molecule has 0 spiro atoms. The number of halogens is 2. The van der Waals surface area contributed by atoms with Crippen molar-refractivity contribution in [3.05, 3.63) is 30.2 Å². The van der Waals surface area contributed by atoms with Crippen molar-refractivity contribution in [2.75, 3.05) is 20.2 Å². The Hall–Kier alpha value is -2.06. The number of piperidine rings is 1. The Morgan fingerprint density at radius 1 is 1.29 bits per heavy atom. The van der Waals surface area contributed by atoms with E-state index in [4.69, 9.17) is 9.26 Å². The van der Waals surface area contributed by atoms with Crippen LogP contribution in [0, 0.1) is 0 Å². The Morgan fingerprint density at radius 2 is 2.04 bits per heavy atom. The molecule has 6 nitrogen and oxygen atoms in total. The zero-order valence-electron chi connectivity index (χ0n) is 13.3. The molecule has 0 N–H and O–H groups in total. The summed E-state index contributed by atoms with van der Waals surface area (Å²) in [6.45, 7) is -0.594. The van der Waals surface area contributed by atoms with Crippen LogP contribution in [0.2, 0.25) is 0 Å². The third-order valence-electron chi connectivity index (χ3n) is 4.04. The van der Waals surface area contributed by atoms with Crippen LogP contribution in [-0.4, -0.2) is 48.0 Å². The molecule has 0 amide bonds. The third-order valence-corrected chi connectivity index (χ3v) is 4.04. The minimum atomic E-state index is -2.90. The maximum Gasteiger partial charge on any atom is 0.387 e. The summed E-state index contributed by atoms with van der Waals surface area (Å²) in [5, 5.41) is 3.89. The Labute approximate surface area is 138 Å². The van der Waals surface area contributed by atoms with Gasteiger partial charge in [0.15, 0.2) is 0 Å². The number of para-hydroxylation sites is 1. The van der Waals surface area contributed by atoms with E-state index in [2.05, 4.69) is 19.8 Å². The number of nitrogens with zero attached hydrogens (tertiary/aromatic N) is 3. The summed E-state index contributed by atoms with van der Waals surface area (Å²) in [5.74, 6) is 0.724. The second kappa shape index (κ2) is 7.67. The summed E-state index contributed by atoms with van der Waals surface area (Å²) in [4.78, 5) is 6.51. The number of benzene rings is 1. The molecule has 3 rings (SSSR count). The number of likely N-dealkylation sites (tertiary alicyclic amines) is 1. The van der Waals surface area contributed by atoms with Gasteiger partial charge in [0.1, 0.15) is 5.75 Å². The molecular formula is C16H19F2N3O3. The van der Waals surface area contributed by atoms with Gasteiger partial charge in [-0.2, -0.15) is 13.8 Å². The predicted molar refractivity (Wildman–Crippen MR) is 81.7 cm³/mol. The Bertz CT molecular complexity index is 658. The molecular weight excluding hydrogens is 320 g/mol. The van der Waals surface area contributed by atoms with Crippen LogP contribution in [0.25, 0.3) is 11.4 Å². The molecule has 2 aromatic rings. The van der Waals surface area contributed by atoms with Crippen LogP contribution in [0.4, 0.5) is 8.78 Å². The first-order valence-electron chi connectivity index (χ1n) is 7.77. The van der Waals surface area contributed by atoms with E-state index in [1.807, 2.05) is 0 Å². The second-order valence-electron chi connectivity index (χ2n) is 5.60. The summed E-state index contributed by atoms with van der Waals surface area (Å²) in [6.07, 6.45) is 2.23. The molecule has 8 heteroatoms. The fourth-order valence-corrected chi connectivity index (χ4v) is 2.77. The molecule has 1 saturated heterocycles. The van der Waals surface area contributed by atoms with Crippen LogP contribution < -0.4 is 4.74 Å². The molecule has 0 saturated carbocycles. The largest absolute Gasteiger partial charge is 0.434 e. The van der Waals surface area contributed by atoms with Crippen molar-refractivity contribution in [3.63, 3.8) is 0 Å². The van der Waals surface area contributed by atoms with Crippen molar-refractivity contribution in [1.29, 1.82) is 0 Å². The van der Waals surface area contributed by atoms with Gasteiger partial charge in [-0.05, 0) is 25.0 Å². The van der Waals surface area contributed by atoms with E-state index in [0.29, 0.717) is 24.1 Å². The number of alkyl halides is 2. The fourth-order valence-electron chi connectivity index (χ4n) is 2.77. The topological polar surface area (TPSA) is 60.6 Å². The van der Waals surface area contributed by atoms with Crippen molar-refractivity contribution in [2.24, 2.45) is 0 Å². The standard InChI is InChI=1S/C16H19F2N3O3/c1-22-11-6-8-21(9-7-11)10-14-19-15(20-24-14)12-4-2-3-5-13(12)23-16(17)18/h2-5,11,16H,6-10H2,1H3. The number of hydrogen-bond acceptors (Lipinski definition) is 6. The Balaban J connectivity index is 1.68. The van der Waals surface area contributed by atoms with Gasteiger partial charge in [0.05, 0.1) is 18.2 Å². The normalized spacial score (nSPS) is 16.7. The minimum absolute atomic E-state index is 0.0285. The number of aromatic nitrogens is 2. The van der Waals surface area contributed by atoms with Crippen molar-refractivity contribution in [1.82, 2.24) is 15.0 Å². The summed E-state index contributed by atoms with van der Waals surface area (Å²) >= 11 is 0. The zero-order valence-corrected chi connectivity index (χ0v) is 13.3. The summed E-state index contributed by atoms with van der Waals surface area (Å²) in [7, 11) is 1.73. The quantitative estimate of drug-likeness (QED) is 0.806. The SMILES string of the molecule is COC1CCN(Cc2nc(-c3ccccc3OC(F)F)no2)CC1. The van der Waals surface area contributed by atoms with Crippen molar-refractivity contribution < 1.29 is 22.8 Å². The Morgan fingerprint density at radius 3 is 2.75 bits per heavy atom. The summed E-state index contributed by atoms with van der Waals surface area (Å²) < 4.78 is 40.1. The molecule has 0 unspecified atom stereocenters. The smallest absolute Gasteiger partial charge is 0.387 e. The number of methoxy groups -OCH3 is 1. The molecule has 0 aliphatic carbocycles. The summed E-state index contributed by atoms with van der Waals surface area (Å²) in [5.41, 5.74) is 0.380. The van der Waals surface area contributed by atoms with Gasteiger partial charge >= 0.3 is 6.61 Å². The Kier molecular flexibility index (Phi) is 5.37. The van der Waals surface area contributed by atoms with Crippen molar-refractivity contribution in [2.45, 2.75) is 32.1 Å². The zero-order chi connectivity index (χ0) is 16.9. The molecule has 1 fully saturated rings. The highest BCUT2D eigenvalue weighted by molar-refractivity contribution is 5.63. The lowest BCUT2D eigenvalue weighted by Gasteiger charge is -2.29. The number of rotatable bonds is 6. The first-order chi connectivity index (χ1) is 11.7. The molecule has 1 aliphatic rings. The van der Waals surface area contributed by atoms with Crippen LogP contribution in [-0.2, 0) is 11.3 Å². The second-order valence-corrected chi connectivity index (χ2v) is 5.60. The van der Waals surface area contributed by atoms with E-state index in [9.17, 15) is 8.78 Å². The average Bonchev–Trinajstić information content (AvgIpc) is 3.04. The van der Waals surface area contributed by atoms with E-state index in [-0.39, 0.29) is 11.6 Å². The maximum atomic E-state index is 12.5. The fraction of sp³-hybridized carbons (Fsp3) is 0.500. The monoisotopic (exact) mass is 339 g/mol. The predicted octanol–water partition coefficient (Wildman–Crippen LogP) is 2.95. The molecule has 0 bridgehead atoms. The highest BCUT2D eigenvalue weighted by Gasteiger charge is 2.21. The maximum absolute atomic E-state index is 12.5. The lowest BCUT2D eigenvalue weighted by atomic mass is 10.1. The van der Waals surface area contributed by atoms with Crippen LogP contribution in [0.5, 0.6) is 5.75 Å². The van der Waals surface area contributed by atoms with Gasteiger partial charge in [0.25, 0.3) is 0 Å². The van der Waals surface area contributed by atoms with Gasteiger partial charge in [-0.25, -0.2) is 0 Å². The van der Waals surface area contributed by atoms with Crippen LogP contribution in [0.3, 0.4) is 0 Å². The minimum Gasteiger partial charge on any atom is -0.434 e. The van der Waals surface area contributed by atoms with Gasteiger partial charge < -0.3 is 14.0 Å². The lowest BCUT2D eigenvalue weighted by Crippen LogP contribution is -2.36. The van der Waals surface area contributed by atoms with Crippen molar-refractivity contribution in [3.8, 4) is 17.1 Å². The third kappa shape index (κ3) is 4.07. The van der Waals surface area contributed by atoms with E-state index < -0.39 is 6.61 Å². The van der Waals surface area contributed by atoms with Gasteiger partial charge in [0, 0.05) is 20.2 Å². The average molecular weight is 339 g/mol. The molecule has 0 atom stereocenters. The van der Waals surface area contributed by atoms with Crippen molar-refractivity contribution >= 4 is 0 Å². The number of ether oxygens (including phenoxy) is 2. The van der Waals surface area contributed by atoms with Crippen LogP contribution in [0.15, 0.2) is 28.8 Å². The molecule has 1 aromatic carbocycles. The van der Waals surface area contributed by atoms with Crippen LogP contribution in [0.1, 0.15) is 18.7 Å². The van der Waals surface area contributed by atoms with Gasteiger partial charge in [-0.3, -0.25) is 4.90 Å².